The van der Waals surface area contributed by atoms with Crippen molar-refractivity contribution < 1.29 is 22.7 Å². The van der Waals surface area contributed by atoms with Crippen molar-refractivity contribution in [2.75, 3.05) is 7.11 Å². The van der Waals surface area contributed by atoms with Gasteiger partial charge in [-0.2, -0.15) is 10.1 Å². The van der Waals surface area contributed by atoms with Gasteiger partial charge in [-0.05, 0) is 56.4 Å². The summed E-state index contributed by atoms with van der Waals surface area (Å²) in [5.41, 5.74) is 0.580. The van der Waals surface area contributed by atoms with Gasteiger partial charge in [-0.3, -0.25) is 4.79 Å². The van der Waals surface area contributed by atoms with Gasteiger partial charge in [0.2, 0.25) is 0 Å². The highest BCUT2D eigenvalue weighted by atomic mass is 19.3. The van der Waals surface area contributed by atoms with Gasteiger partial charge in [0.15, 0.2) is 11.6 Å². The number of benzene rings is 1. The first kappa shape index (κ1) is 20.7. The van der Waals surface area contributed by atoms with E-state index in [1.807, 2.05) is 4.90 Å². The number of methoxy groups -OCH3 is 1. The van der Waals surface area contributed by atoms with Crippen LogP contribution < -0.4 is 4.74 Å². The van der Waals surface area contributed by atoms with Crippen molar-refractivity contribution in [2.45, 2.75) is 56.5 Å². The van der Waals surface area contributed by atoms with Crippen LogP contribution in [-0.2, 0) is 0 Å². The van der Waals surface area contributed by atoms with Crippen LogP contribution in [0, 0.1) is 5.82 Å². The lowest BCUT2D eigenvalue weighted by atomic mass is 9.75. The highest BCUT2D eigenvalue weighted by Gasteiger charge is 2.44. The average molecular weight is 445 g/mol. The zero-order valence-corrected chi connectivity index (χ0v) is 17.4. The van der Waals surface area contributed by atoms with Crippen LogP contribution in [0.15, 0.2) is 30.6 Å². The van der Waals surface area contributed by atoms with Gasteiger partial charge in [0.1, 0.15) is 12.0 Å². The van der Waals surface area contributed by atoms with E-state index in [2.05, 4.69) is 15.1 Å². The normalized spacial score (nSPS) is 23.0. The molecule has 1 unspecified atom stereocenters. The fourth-order valence-corrected chi connectivity index (χ4v) is 5.19. The van der Waals surface area contributed by atoms with Crippen molar-refractivity contribution in [1.82, 2.24) is 24.5 Å². The molecule has 2 aromatic heterocycles. The fourth-order valence-electron chi connectivity index (χ4n) is 5.19. The Hall–Kier alpha value is -3.17. The van der Waals surface area contributed by atoms with E-state index in [0.29, 0.717) is 11.3 Å². The SMILES string of the molecule is COc1cc(C(=O)N2C3CCC[C@@H]2CC[C@@H]3c2cc(C(F)F)nc3ncnn23)ccc1F. The third kappa shape index (κ3) is 3.37. The molecule has 2 fully saturated rings. The second-order valence-corrected chi connectivity index (χ2v) is 8.28. The Morgan fingerprint density at radius 3 is 2.81 bits per heavy atom. The third-order valence-corrected chi connectivity index (χ3v) is 6.60. The van der Waals surface area contributed by atoms with Crippen molar-refractivity contribution in [3.63, 3.8) is 0 Å². The molecule has 0 radical (unpaired) electrons. The lowest BCUT2D eigenvalue weighted by molar-refractivity contribution is 0.0197. The lowest BCUT2D eigenvalue weighted by Gasteiger charge is -2.50. The van der Waals surface area contributed by atoms with Crippen LogP contribution in [0.2, 0.25) is 0 Å². The maximum Gasteiger partial charge on any atom is 0.280 e. The minimum absolute atomic E-state index is 0.00889. The smallest absolute Gasteiger partial charge is 0.280 e. The van der Waals surface area contributed by atoms with Gasteiger partial charge >= 0.3 is 0 Å². The maximum absolute atomic E-state index is 13.9. The van der Waals surface area contributed by atoms with Crippen LogP contribution in [-0.4, -0.2) is 49.6 Å². The van der Waals surface area contributed by atoms with Gasteiger partial charge in [0.05, 0.1) is 12.8 Å². The predicted molar refractivity (Wildman–Crippen MR) is 108 cm³/mol. The van der Waals surface area contributed by atoms with Gasteiger partial charge < -0.3 is 9.64 Å². The molecule has 168 valence electrons. The second kappa shape index (κ2) is 8.07. The first-order valence-corrected chi connectivity index (χ1v) is 10.6. The number of rotatable bonds is 4. The molecule has 2 saturated heterocycles. The predicted octanol–water partition coefficient (Wildman–Crippen LogP) is 4.15. The summed E-state index contributed by atoms with van der Waals surface area (Å²) in [6.45, 7) is 0. The zero-order valence-electron chi connectivity index (χ0n) is 17.4. The summed E-state index contributed by atoms with van der Waals surface area (Å²) in [6, 6.07) is 5.34. The molecule has 0 N–H and O–H groups in total. The van der Waals surface area contributed by atoms with Gasteiger partial charge in [0, 0.05) is 23.6 Å². The summed E-state index contributed by atoms with van der Waals surface area (Å²) in [7, 11) is 1.35. The summed E-state index contributed by atoms with van der Waals surface area (Å²) in [5.74, 6) is -0.805. The topological polar surface area (TPSA) is 72.6 Å². The number of hydrogen-bond donors (Lipinski definition) is 0. The molecule has 2 bridgehead atoms. The number of halogens is 3. The Labute approximate surface area is 182 Å². The summed E-state index contributed by atoms with van der Waals surface area (Å²) in [5, 5.41) is 4.20. The molecule has 32 heavy (non-hydrogen) atoms. The molecule has 3 aromatic rings. The summed E-state index contributed by atoms with van der Waals surface area (Å²) < 4.78 is 47.4. The molecule has 0 saturated carbocycles. The number of piperidine rings is 2. The average Bonchev–Trinajstić information content (AvgIpc) is 3.27. The number of amides is 1. The molecular formula is C22H22F3N5O2. The van der Waals surface area contributed by atoms with E-state index in [9.17, 15) is 18.0 Å². The minimum Gasteiger partial charge on any atom is -0.494 e. The Morgan fingerprint density at radius 1 is 1.19 bits per heavy atom. The zero-order chi connectivity index (χ0) is 22.4. The number of carbonyl (C=O) groups excluding carboxylic acids is 1. The van der Waals surface area contributed by atoms with Gasteiger partial charge in [-0.1, -0.05) is 0 Å². The molecule has 2 aliphatic rings. The first-order chi connectivity index (χ1) is 15.5. The standard InChI is InChI=1S/C22H22F3N5O2/c1-32-19-9-12(5-8-15(19)23)21(31)29-13-3-2-4-17(29)14(7-6-13)18-10-16(20(24)25)28-22-26-11-27-30(18)22/h5,8-11,13-14,17,20H,2-4,6-7H2,1H3/t13-,14+,17?/m1/s1. The van der Waals surface area contributed by atoms with E-state index in [4.69, 9.17) is 4.74 Å². The minimum atomic E-state index is -2.73. The lowest BCUT2D eigenvalue weighted by Crippen LogP contribution is -2.55. The number of nitrogens with zero attached hydrogens (tertiary/aromatic N) is 5. The number of aromatic nitrogens is 4. The second-order valence-electron chi connectivity index (χ2n) is 8.28. The number of alkyl halides is 2. The van der Waals surface area contributed by atoms with Gasteiger partial charge in [-0.25, -0.2) is 22.7 Å². The molecule has 0 spiro atoms. The monoisotopic (exact) mass is 445 g/mol. The van der Waals surface area contributed by atoms with E-state index in [0.717, 1.165) is 32.1 Å². The first-order valence-electron chi connectivity index (χ1n) is 10.6. The highest BCUT2D eigenvalue weighted by Crippen LogP contribution is 2.43. The van der Waals surface area contributed by atoms with E-state index in [1.165, 1.54) is 42.2 Å². The molecule has 0 aliphatic carbocycles. The quantitative estimate of drug-likeness (QED) is 0.603. The Morgan fingerprint density at radius 2 is 2.03 bits per heavy atom. The molecule has 5 rings (SSSR count). The maximum atomic E-state index is 13.9. The fraction of sp³-hybridized carbons (Fsp3) is 0.455. The van der Waals surface area contributed by atoms with E-state index >= 15 is 0 Å². The van der Waals surface area contributed by atoms with Gasteiger partial charge in [-0.15, -0.1) is 0 Å². The molecule has 1 aromatic carbocycles. The van der Waals surface area contributed by atoms with Crippen molar-refractivity contribution >= 4 is 11.7 Å². The number of ether oxygens (including phenoxy) is 1. The molecule has 1 amide bonds. The third-order valence-electron chi connectivity index (χ3n) is 6.60. The van der Waals surface area contributed by atoms with Crippen LogP contribution in [0.5, 0.6) is 5.75 Å². The highest BCUT2D eigenvalue weighted by molar-refractivity contribution is 5.95. The van der Waals surface area contributed by atoms with E-state index in [1.54, 1.807) is 0 Å². The summed E-state index contributed by atoms with van der Waals surface area (Å²) in [6.07, 6.45) is 2.61. The number of fused-ring (bicyclic) bond motifs is 3. The Kier molecular flexibility index (Phi) is 5.22. The largest absolute Gasteiger partial charge is 0.494 e. The number of carbonyl (C=O) groups is 1. The van der Waals surface area contributed by atoms with Crippen LogP contribution in [0.25, 0.3) is 5.78 Å². The molecule has 4 heterocycles. The van der Waals surface area contributed by atoms with Crippen molar-refractivity contribution in [1.29, 1.82) is 0 Å². The number of hydrogen-bond acceptors (Lipinski definition) is 5. The van der Waals surface area contributed by atoms with E-state index in [-0.39, 0.29) is 41.1 Å². The molecule has 3 atom stereocenters. The van der Waals surface area contributed by atoms with Crippen LogP contribution in [0.1, 0.15) is 66.2 Å². The van der Waals surface area contributed by atoms with Crippen LogP contribution in [0.3, 0.4) is 0 Å². The van der Waals surface area contributed by atoms with Crippen molar-refractivity contribution in [3.05, 3.63) is 53.4 Å². The summed E-state index contributed by atoms with van der Waals surface area (Å²) in [4.78, 5) is 23.3. The molecule has 7 nitrogen and oxygen atoms in total. The molecular weight excluding hydrogens is 423 g/mol. The Balaban J connectivity index is 1.55. The van der Waals surface area contributed by atoms with Crippen LogP contribution in [0.4, 0.5) is 13.2 Å². The van der Waals surface area contributed by atoms with E-state index < -0.39 is 12.2 Å². The molecule has 2 aliphatic heterocycles. The van der Waals surface area contributed by atoms with Crippen molar-refractivity contribution in [2.24, 2.45) is 0 Å². The Bertz CT molecular complexity index is 1170. The van der Waals surface area contributed by atoms with Crippen LogP contribution >= 0.6 is 0 Å². The molecule has 10 heteroatoms. The van der Waals surface area contributed by atoms with Crippen molar-refractivity contribution in [3.8, 4) is 5.75 Å². The van der Waals surface area contributed by atoms with Gasteiger partial charge in [0.25, 0.3) is 18.1 Å². The summed E-state index contributed by atoms with van der Waals surface area (Å²) >= 11 is 0.